The average Bonchev–Trinajstić information content (AvgIpc) is 2.34. The number of anilines is 1. The summed E-state index contributed by atoms with van der Waals surface area (Å²) in [7, 11) is -3.65. The Kier molecular flexibility index (Phi) is 5.12. The fourth-order valence-electron chi connectivity index (χ4n) is 1.79. The fraction of sp³-hybridized carbons (Fsp3) is 0.500. The van der Waals surface area contributed by atoms with Crippen LogP contribution in [0.3, 0.4) is 0 Å². The zero-order valence-electron chi connectivity index (χ0n) is 11.7. The van der Waals surface area contributed by atoms with Crippen LogP contribution in [0.1, 0.15) is 33.1 Å². The third-order valence-corrected chi connectivity index (χ3v) is 4.89. The first kappa shape index (κ1) is 16.4. The van der Waals surface area contributed by atoms with Crippen LogP contribution in [0.25, 0.3) is 0 Å². The Morgan fingerprint density at radius 1 is 1.35 bits per heavy atom. The maximum Gasteiger partial charge on any atom is 0.181 e. The van der Waals surface area contributed by atoms with Crippen molar-refractivity contribution in [3.05, 3.63) is 24.0 Å². The number of hydrogen-bond acceptors (Lipinski definition) is 4. The molecule has 1 rings (SSSR count). The number of hydrogen-bond donors (Lipinski definition) is 1. The van der Waals surface area contributed by atoms with Gasteiger partial charge in [0.1, 0.15) is 10.7 Å². The molecule has 0 spiro atoms. The van der Waals surface area contributed by atoms with E-state index in [4.69, 9.17) is 11.0 Å². The molecule has 0 saturated carbocycles. The number of rotatable bonds is 6. The van der Waals surface area contributed by atoms with Crippen LogP contribution in [0.5, 0.6) is 0 Å². The lowest BCUT2D eigenvalue weighted by Crippen LogP contribution is -2.12. The number of nitrogen functional groups attached to an aromatic ring is 1. The first-order chi connectivity index (χ1) is 9.18. The molecule has 0 saturated heterocycles. The third-order valence-electron chi connectivity index (χ3n) is 3.06. The van der Waals surface area contributed by atoms with Crippen molar-refractivity contribution < 1.29 is 12.8 Å². The highest BCUT2D eigenvalue weighted by Gasteiger charge is 2.20. The molecule has 0 radical (unpaired) electrons. The predicted octanol–water partition coefficient (Wildman–Crippen LogP) is 2.90. The van der Waals surface area contributed by atoms with E-state index in [1.807, 2.05) is 0 Å². The van der Waals surface area contributed by atoms with Gasteiger partial charge in [0.2, 0.25) is 0 Å². The van der Waals surface area contributed by atoms with Crippen LogP contribution in [0, 0.1) is 22.6 Å². The summed E-state index contributed by atoms with van der Waals surface area (Å²) >= 11 is 0. The van der Waals surface area contributed by atoms with Crippen LogP contribution < -0.4 is 5.73 Å². The molecule has 0 fully saturated rings. The van der Waals surface area contributed by atoms with Gasteiger partial charge in [0.15, 0.2) is 9.84 Å². The Balaban J connectivity index is 2.65. The standard InChI is InChI=1S/C14H19FN2O2S/c1-14(2,10-16)7-3-4-8-20(18,19)13-6-5-11(17)9-12(13)15/h5-6,9H,3-4,7-8,17H2,1-2H3. The molecular formula is C14H19FN2O2S. The molecule has 0 atom stereocenters. The molecule has 1 aromatic rings. The van der Waals surface area contributed by atoms with Crippen LogP contribution in [0.2, 0.25) is 0 Å². The van der Waals surface area contributed by atoms with Crippen LogP contribution in [0.4, 0.5) is 10.1 Å². The van der Waals surface area contributed by atoms with E-state index >= 15 is 0 Å². The van der Waals surface area contributed by atoms with Gasteiger partial charge in [-0.2, -0.15) is 5.26 Å². The van der Waals surface area contributed by atoms with Gasteiger partial charge in [0.25, 0.3) is 0 Å². The minimum Gasteiger partial charge on any atom is -0.399 e. The van der Waals surface area contributed by atoms with Crippen LogP contribution in [-0.2, 0) is 9.84 Å². The van der Waals surface area contributed by atoms with E-state index in [1.54, 1.807) is 13.8 Å². The summed E-state index contributed by atoms with van der Waals surface area (Å²) in [4.78, 5) is -0.314. The molecule has 0 amide bonds. The molecule has 0 aliphatic carbocycles. The van der Waals surface area contributed by atoms with Crippen LogP contribution >= 0.6 is 0 Å². The van der Waals surface area contributed by atoms with Gasteiger partial charge in [-0.15, -0.1) is 0 Å². The van der Waals surface area contributed by atoms with E-state index < -0.39 is 21.1 Å². The highest BCUT2D eigenvalue weighted by molar-refractivity contribution is 7.91. The summed E-state index contributed by atoms with van der Waals surface area (Å²) in [6, 6.07) is 5.73. The number of nitrogens with zero attached hydrogens (tertiary/aromatic N) is 1. The van der Waals surface area contributed by atoms with Crippen molar-refractivity contribution in [1.82, 2.24) is 0 Å². The second kappa shape index (κ2) is 6.23. The zero-order chi connectivity index (χ0) is 15.4. The number of sulfone groups is 1. The van der Waals surface area contributed by atoms with E-state index in [1.165, 1.54) is 12.1 Å². The molecule has 110 valence electrons. The van der Waals surface area contributed by atoms with Gasteiger partial charge in [-0.05, 0) is 44.9 Å². The molecule has 0 unspecified atom stereocenters. The van der Waals surface area contributed by atoms with Gasteiger partial charge >= 0.3 is 0 Å². The number of nitrogens with two attached hydrogens (primary N) is 1. The summed E-state index contributed by atoms with van der Waals surface area (Å²) in [5.74, 6) is -0.947. The van der Waals surface area contributed by atoms with Crippen LogP contribution in [0.15, 0.2) is 23.1 Å². The SMILES string of the molecule is CC(C)(C#N)CCCCS(=O)(=O)c1ccc(N)cc1F. The quantitative estimate of drug-likeness (QED) is 0.646. The van der Waals surface area contributed by atoms with E-state index in [-0.39, 0.29) is 16.3 Å². The second-order valence-corrected chi connectivity index (χ2v) is 7.54. The van der Waals surface area contributed by atoms with Crippen LogP contribution in [-0.4, -0.2) is 14.2 Å². The van der Waals surface area contributed by atoms with E-state index in [0.29, 0.717) is 19.3 Å². The molecule has 0 heterocycles. The molecular weight excluding hydrogens is 279 g/mol. The normalized spacial score (nSPS) is 12.1. The lowest BCUT2D eigenvalue weighted by molar-refractivity contribution is 0.431. The Labute approximate surface area is 119 Å². The Bertz CT molecular complexity index is 619. The maximum absolute atomic E-state index is 13.6. The lowest BCUT2D eigenvalue weighted by Gasteiger charge is -2.14. The number of nitriles is 1. The van der Waals surface area contributed by atoms with Crippen molar-refractivity contribution in [2.75, 3.05) is 11.5 Å². The van der Waals surface area contributed by atoms with Gasteiger partial charge < -0.3 is 5.73 Å². The number of benzene rings is 1. The molecule has 20 heavy (non-hydrogen) atoms. The summed E-state index contributed by atoms with van der Waals surface area (Å²) in [5.41, 5.74) is 5.12. The molecule has 0 aliphatic heterocycles. The average molecular weight is 298 g/mol. The minimum atomic E-state index is -3.65. The van der Waals surface area contributed by atoms with Crippen molar-refractivity contribution in [3.63, 3.8) is 0 Å². The first-order valence-corrected chi connectivity index (χ1v) is 8.02. The molecule has 2 N–H and O–H groups in total. The Morgan fingerprint density at radius 2 is 2.00 bits per heavy atom. The van der Waals surface area contributed by atoms with Gasteiger partial charge in [0, 0.05) is 5.69 Å². The van der Waals surface area contributed by atoms with E-state index in [0.717, 1.165) is 6.07 Å². The summed E-state index contributed by atoms with van der Waals surface area (Å²) in [6.07, 6.45) is 1.62. The summed E-state index contributed by atoms with van der Waals surface area (Å²) in [5, 5.41) is 8.86. The number of unbranched alkanes of at least 4 members (excludes halogenated alkanes) is 1. The topological polar surface area (TPSA) is 84.0 Å². The zero-order valence-corrected chi connectivity index (χ0v) is 12.5. The molecule has 0 aliphatic rings. The molecule has 0 aromatic heterocycles. The maximum atomic E-state index is 13.6. The van der Waals surface area contributed by atoms with Crippen molar-refractivity contribution in [1.29, 1.82) is 5.26 Å². The minimum absolute atomic E-state index is 0.130. The Morgan fingerprint density at radius 3 is 2.55 bits per heavy atom. The van der Waals surface area contributed by atoms with Gasteiger partial charge in [-0.25, -0.2) is 12.8 Å². The monoisotopic (exact) mass is 298 g/mol. The van der Waals surface area contributed by atoms with E-state index in [9.17, 15) is 12.8 Å². The van der Waals surface area contributed by atoms with E-state index in [2.05, 4.69) is 6.07 Å². The van der Waals surface area contributed by atoms with Gasteiger partial charge in [0.05, 0.1) is 17.2 Å². The smallest absolute Gasteiger partial charge is 0.181 e. The van der Waals surface area contributed by atoms with Crippen molar-refractivity contribution in [2.45, 2.75) is 38.0 Å². The highest BCUT2D eigenvalue weighted by atomic mass is 32.2. The molecule has 0 bridgehead atoms. The number of halogens is 1. The molecule has 1 aromatic carbocycles. The first-order valence-electron chi connectivity index (χ1n) is 6.37. The lowest BCUT2D eigenvalue weighted by atomic mass is 9.89. The van der Waals surface area contributed by atoms with Gasteiger partial charge in [-0.3, -0.25) is 0 Å². The van der Waals surface area contributed by atoms with Crippen molar-refractivity contribution in [3.8, 4) is 6.07 Å². The highest BCUT2D eigenvalue weighted by Crippen LogP contribution is 2.23. The van der Waals surface area contributed by atoms with Crippen molar-refractivity contribution in [2.24, 2.45) is 5.41 Å². The summed E-state index contributed by atoms with van der Waals surface area (Å²) in [6.45, 7) is 3.61. The van der Waals surface area contributed by atoms with Crippen molar-refractivity contribution >= 4 is 15.5 Å². The molecule has 4 nitrogen and oxygen atoms in total. The fourth-order valence-corrected chi connectivity index (χ4v) is 3.23. The third kappa shape index (κ3) is 4.49. The summed E-state index contributed by atoms with van der Waals surface area (Å²) < 4.78 is 37.6. The molecule has 6 heteroatoms. The largest absolute Gasteiger partial charge is 0.399 e. The predicted molar refractivity (Wildman–Crippen MR) is 76.1 cm³/mol. The van der Waals surface area contributed by atoms with Gasteiger partial charge in [-0.1, -0.05) is 6.42 Å². The Hall–Kier alpha value is -1.61. The second-order valence-electron chi connectivity index (χ2n) is 5.46.